The van der Waals surface area contributed by atoms with Crippen LogP contribution in [0.2, 0.25) is 0 Å². The number of nitrogens with two attached hydrogens (primary N) is 1. The number of hydrogen-bond acceptors (Lipinski definition) is 3. The van der Waals surface area contributed by atoms with E-state index in [2.05, 4.69) is 5.10 Å². The molecule has 3 N–H and O–H groups in total. The molecule has 4 rings (SSSR count). The van der Waals surface area contributed by atoms with Gasteiger partial charge in [0.2, 0.25) is 0 Å². The Morgan fingerprint density at radius 3 is 2.29 bits per heavy atom. The first kappa shape index (κ1) is 8.72. The van der Waals surface area contributed by atoms with Crippen LogP contribution in [0, 0.1) is 17.8 Å². The fourth-order valence-electron chi connectivity index (χ4n) is 4.11. The van der Waals surface area contributed by atoms with Crippen LogP contribution in [0.15, 0.2) is 5.10 Å². The van der Waals surface area contributed by atoms with Gasteiger partial charge in [-0.05, 0) is 56.3 Å². The second-order valence-corrected chi connectivity index (χ2v) is 5.52. The fourth-order valence-corrected chi connectivity index (χ4v) is 4.11. The Morgan fingerprint density at radius 2 is 1.71 bits per heavy atom. The minimum Gasteiger partial charge on any atom is -0.384 e. The van der Waals surface area contributed by atoms with Crippen LogP contribution in [-0.2, 0) is 0 Å². The Bertz CT molecular complexity index is 273. The van der Waals surface area contributed by atoms with Gasteiger partial charge in [-0.15, -0.1) is 0 Å². The van der Waals surface area contributed by atoms with Crippen molar-refractivity contribution in [3.8, 4) is 0 Å². The van der Waals surface area contributed by atoms with Crippen molar-refractivity contribution in [3.63, 3.8) is 0 Å². The number of fused-ring (bicyclic) bond motifs is 1. The van der Waals surface area contributed by atoms with Crippen molar-refractivity contribution in [1.82, 2.24) is 0 Å². The molecule has 0 aromatic heterocycles. The van der Waals surface area contributed by atoms with Gasteiger partial charge in [0.25, 0.3) is 0 Å². The Kier molecular flexibility index (Phi) is 1.69. The first-order chi connectivity index (χ1) is 6.69. The summed E-state index contributed by atoms with van der Waals surface area (Å²) in [6, 6.07) is 0. The molecule has 4 bridgehead atoms. The summed E-state index contributed by atoms with van der Waals surface area (Å²) in [5, 5.41) is 14.4. The average molecular weight is 194 g/mol. The summed E-state index contributed by atoms with van der Waals surface area (Å²) >= 11 is 0. The van der Waals surface area contributed by atoms with Crippen LogP contribution in [-0.4, -0.2) is 16.4 Å². The molecule has 0 saturated heterocycles. The third kappa shape index (κ3) is 1.11. The van der Waals surface area contributed by atoms with E-state index in [-0.39, 0.29) is 0 Å². The number of aliphatic hydroxyl groups is 1. The molecular weight excluding hydrogens is 176 g/mol. The highest BCUT2D eigenvalue weighted by Crippen LogP contribution is 2.51. The maximum absolute atomic E-state index is 10.5. The van der Waals surface area contributed by atoms with Crippen LogP contribution >= 0.6 is 0 Å². The van der Waals surface area contributed by atoms with Crippen molar-refractivity contribution in [2.45, 2.75) is 44.1 Å². The molecule has 0 radical (unpaired) electrons. The molecule has 0 aliphatic heterocycles. The lowest BCUT2D eigenvalue weighted by Crippen LogP contribution is -2.44. The smallest absolute Gasteiger partial charge is 0.105 e. The average Bonchev–Trinajstić information content (AvgIpc) is 2.25. The zero-order valence-electron chi connectivity index (χ0n) is 8.45. The largest absolute Gasteiger partial charge is 0.384 e. The Hall–Kier alpha value is -0.570. The van der Waals surface area contributed by atoms with Crippen LogP contribution < -0.4 is 5.84 Å². The molecule has 3 heteroatoms. The zero-order valence-corrected chi connectivity index (χ0v) is 8.45. The minimum atomic E-state index is -0.631. The minimum absolute atomic E-state index is 0.631. The number of hydrogen-bond donors (Lipinski definition) is 2. The lowest BCUT2D eigenvalue weighted by molar-refractivity contribution is 0.00198. The van der Waals surface area contributed by atoms with Gasteiger partial charge in [-0.1, -0.05) is 0 Å². The van der Waals surface area contributed by atoms with Gasteiger partial charge in [-0.25, -0.2) is 0 Å². The quantitative estimate of drug-likeness (QED) is 0.450. The third-order valence-corrected chi connectivity index (χ3v) is 4.43. The summed E-state index contributed by atoms with van der Waals surface area (Å²) in [7, 11) is 0. The van der Waals surface area contributed by atoms with Gasteiger partial charge in [0.05, 0.1) is 5.71 Å². The van der Waals surface area contributed by atoms with Gasteiger partial charge in [-0.2, -0.15) is 5.10 Å². The van der Waals surface area contributed by atoms with Crippen LogP contribution in [0.5, 0.6) is 0 Å². The molecule has 0 amide bonds. The van der Waals surface area contributed by atoms with Gasteiger partial charge in [-0.3, -0.25) is 0 Å². The summed E-state index contributed by atoms with van der Waals surface area (Å²) in [5.41, 5.74) is 0.250. The van der Waals surface area contributed by atoms with E-state index < -0.39 is 5.60 Å². The molecule has 2 unspecified atom stereocenters. The van der Waals surface area contributed by atoms with E-state index in [4.69, 9.17) is 5.84 Å². The van der Waals surface area contributed by atoms with Gasteiger partial charge in [0.1, 0.15) is 5.60 Å². The zero-order chi connectivity index (χ0) is 9.76. The molecule has 0 aromatic carbocycles. The van der Waals surface area contributed by atoms with E-state index >= 15 is 0 Å². The van der Waals surface area contributed by atoms with Crippen molar-refractivity contribution in [1.29, 1.82) is 0 Å². The molecule has 4 aliphatic carbocycles. The van der Waals surface area contributed by atoms with E-state index in [1.807, 2.05) is 0 Å². The molecule has 4 atom stereocenters. The normalized spacial score (nSPS) is 53.8. The van der Waals surface area contributed by atoms with E-state index in [1.165, 1.54) is 19.3 Å². The summed E-state index contributed by atoms with van der Waals surface area (Å²) in [6.07, 6.45) is 6.68. The topological polar surface area (TPSA) is 58.6 Å². The van der Waals surface area contributed by atoms with E-state index in [0.29, 0.717) is 0 Å². The van der Waals surface area contributed by atoms with Crippen molar-refractivity contribution in [2.75, 3.05) is 0 Å². The van der Waals surface area contributed by atoms with Crippen molar-refractivity contribution in [3.05, 3.63) is 0 Å². The number of nitrogens with zero attached hydrogens (tertiary/aromatic N) is 1. The van der Waals surface area contributed by atoms with E-state index in [0.717, 1.165) is 42.7 Å². The van der Waals surface area contributed by atoms with E-state index in [1.54, 1.807) is 0 Å². The molecule has 0 aromatic rings. The predicted molar refractivity (Wildman–Crippen MR) is 54.7 cm³/mol. The highest BCUT2D eigenvalue weighted by molar-refractivity contribution is 5.93. The molecule has 78 valence electrons. The molecular formula is C11H18N2O. The van der Waals surface area contributed by atoms with Gasteiger partial charge >= 0.3 is 0 Å². The molecule has 0 spiro atoms. The lowest BCUT2D eigenvalue weighted by Gasteiger charge is -2.42. The third-order valence-electron chi connectivity index (χ3n) is 4.43. The fraction of sp³-hybridized carbons (Fsp3) is 0.909. The van der Waals surface area contributed by atoms with Crippen molar-refractivity contribution in [2.24, 2.45) is 28.7 Å². The van der Waals surface area contributed by atoms with Crippen molar-refractivity contribution < 1.29 is 5.11 Å². The Morgan fingerprint density at radius 1 is 1.14 bits per heavy atom. The van der Waals surface area contributed by atoms with Crippen LogP contribution in [0.25, 0.3) is 0 Å². The Labute approximate surface area is 84.4 Å². The molecule has 0 heterocycles. The maximum Gasteiger partial charge on any atom is 0.105 e. The second kappa shape index (κ2) is 2.72. The van der Waals surface area contributed by atoms with Crippen LogP contribution in [0.3, 0.4) is 0 Å². The summed E-state index contributed by atoms with van der Waals surface area (Å²) in [5.74, 6) is 7.62. The second-order valence-electron chi connectivity index (χ2n) is 5.52. The molecule has 4 saturated carbocycles. The number of hydrazone groups is 1. The van der Waals surface area contributed by atoms with Crippen LogP contribution in [0.4, 0.5) is 0 Å². The molecule has 4 fully saturated rings. The lowest BCUT2D eigenvalue weighted by atomic mass is 9.66. The van der Waals surface area contributed by atoms with Gasteiger partial charge in [0, 0.05) is 0 Å². The summed E-state index contributed by atoms with van der Waals surface area (Å²) < 4.78 is 0. The van der Waals surface area contributed by atoms with E-state index in [9.17, 15) is 5.11 Å². The predicted octanol–water partition coefficient (Wildman–Crippen LogP) is 1.26. The monoisotopic (exact) mass is 194 g/mol. The highest BCUT2D eigenvalue weighted by Gasteiger charge is 2.50. The molecule has 4 aliphatic rings. The van der Waals surface area contributed by atoms with Crippen molar-refractivity contribution >= 4 is 5.71 Å². The maximum atomic E-state index is 10.5. The standard InChI is InChI=1S/C11H18N2O/c12-13-10-4-7-1-8-3-9(2-7)6-11(10,14)5-8/h7-9,14H,1-6,12H2/b13-10+/t7?,8-,9+,11?. The SMILES string of the molecule is N/N=C1\CC2C[C@@H]3C[C@H](C2)CC1(O)C3. The summed E-state index contributed by atoms with van der Waals surface area (Å²) in [6.45, 7) is 0. The first-order valence-corrected chi connectivity index (χ1v) is 5.69. The molecule has 3 nitrogen and oxygen atoms in total. The number of rotatable bonds is 0. The van der Waals surface area contributed by atoms with Crippen LogP contribution in [0.1, 0.15) is 38.5 Å². The Balaban J connectivity index is 2.02. The summed E-state index contributed by atoms with van der Waals surface area (Å²) in [4.78, 5) is 0. The first-order valence-electron chi connectivity index (χ1n) is 5.69. The van der Waals surface area contributed by atoms with Gasteiger partial charge < -0.3 is 10.9 Å². The highest BCUT2D eigenvalue weighted by atomic mass is 16.3. The van der Waals surface area contributed by atoms with Gasteiger partial charge in [0.15, 0.2) is 0 Å². The molecule has 14 heavy (non-hydrogen) atoms.